The molecule has 5 heteroatoms. The highest BCUT2D eigenvalue weighted by atomic mass is 32.2. The van der Waals surface area contributed by atoms with Gasteiger partial charge in [-0.3, -0.25) is 0 Å². The Hall–Kier alpha value is -2.53. The molecule has 0 radical (unpaired) electrons. The molecule has 1 aromatic heterocycles. The van der Waals surface area contributed by atoms with E-state index in [1.807, 2.05) is 25.3 Å². The lowest BCUT2D eigenvalue weighted by molar-refractivity contribution is 0.0735. The first-order chi connectivity index (χ1) is 11.6. The van der Waals surface area contributed by atoms with Gasteiger partial charge < -0.3 is 9.15 Å². The van der Waals surface area contributed by atoms with E-state index in [-0.39, 0.29) is 0 Å². The van der Waals surface area contributed by atoms with Crippen molar-refractivity contribution in [3.63, 3.8) is 0 Å². The fraction of sp³-hybridized carbons (Fsp3) is 0.158. The molecule has 24 heavy (non-hydrogen) atoms. The van der Waals surface area contributed by atoms with Crippen LogP contribution in [0.4, 0.5) is 0 Å². The lowest BCUT2D eigenvalue weighted by Gasteiger charge is -2.07. The van der Waals surface area contributed by atoms with Gasteiger partial charge in [-0.1, -0.05) is 6.92 Å². The van der Waals surface area contributed by atoms with Gasteiger partial charge in [0.15, 0.2) is 0 Å². The first-order valence-electron chi connectivity index (χ1n) is 7.53. The third-order valence-electron chi connectivity index (χ3n) is 3.72. The minimum absolute atomic E-state index is 0.345. The Morgan fingerprint density at radius 1 is 1.12 bits per heavy atom. The fourth-order valence-corrected chi connectivity index (χ4v) is 2.87. The number of ether oxygens (including phenoxy) is 1. The molecule has 0 aliphatic rings. The Bertz CT molecular complexity index is 942. The Balaban J connectivity index is 1.89. The highest BCUT2D eigenvalue weighted by Crippen LogP contribution is 2.24. The van der Waals surface area contributed by atoms with Gasteiger partial charge >= 0.3 is 11.6 Å². The van der Waals surface area contributed by atoms with E-state index < -0.39 is 11.6 Å². The monoisotopic (exact) mass is 340 g/mol. The molecule has 0 aliphatic carbocycles. The molecule has 0 aliphatic heterocycles. The summed E-state index contributed by atoms with van der Waals surface area (Å²) >= 11 is 1.61. The summed E-state index contributed by atoms with van der Waals surface area (Å²) in [6.45, 7) is 1.97. The van der Waals surface area contributed by atoms with Crippen LogP contribution in [0.25, 0.3) is 11.0 Å². The van der Waals surface area contributed by atoms with Gasteiger partial charge in [0.1, 0.15) is 11.3 Å². The zero-order valence-electron chi connectivity index (χ0n) is 13.4. The predicted octanol–water partition coefficient (Wildman–Crippen LogP) is 4.30. The molecule has 0 amide bonds. The van der Waals surface area contributed by atoms with Crippen molar-refractivity contribution in [2.24, 2.45) is 0 Å². The first kappa shape index (κ1) is 16.3. The summed E-state index contributed by atoms with van der Waals surface area (Å²) in [7, 11) is 0. The number of carbonyl (C=O) groups excluding carboxylic acids is 1. The maximum Gasteiger partial charge on any atom is 0.343 e. The van der Waals surface area contributed by atoms with E-state index in [1.165, 1.54) is 6.07 Å². The number of benzene rings is 2. The van der Waals surface area contributed by atoms with Crippen LogP contribution in [0, 0.1) is 0 Å². The van der Waals surface area contributed by atoms with Crippen LogP contribution < -0.4 is 10.4 Å². The molecule has 0 saturated carbocycles. The average Bonchev–Trinajstić information content (AvgIpc) is 2.60. The van der Waals surface area contributed by atoms with Crippen LogP contribution in [0.3, 0.4) is 0 Å². The molecule has 0 fully saturated rings. The van der Waals surface area contributed by atoms with E-state index in [0.29, 0.717) is 16.9 Å². The van der Waals surface area contributed by atoms with Crippen molar-refractivity contribution in [2.75, 3.05) is 6.26 Å². The predicted molar refractivity (Wildman–Crippen MR) is 95.0 cm³/mol. The van der Waals surface area contributed by atoms with Gasteiger partial charge in [-0.2, -0.15) is 0 Å². The van der Waals surface area contributed by atoms with Gasteiger partial charge in [-0.05, 0) is 54.6 Å². The van der Waals surface area contributed by atoms with Crippen molar-refractivity contribution in [3.8, 4) is 5.75 Å². The minimum Gasteiger partial charge on any atom is -0.423 e. The average molecular weight is 340 g/mol. The van der Waals surface area contributed by atoms with Gasteiger partial charge in [0.05, 0.1) is 5.56 Å². The summed E-state index contributed by atoms with van der Waals surface area (Å²) in [5.41, 5.74) is 1.39. The Morgan fingerprint density at radius 3 is 2.54 bits per heavy atom. The van der Waals surface area contributed by atoms with Gasteiger partial charge in [0, 0.05) is 22.4 Å². The SMILES string of the molecule is CCc1cc(=O)oc2cc(OC(=O)c3ccc(SC)cc3)ccc12. The van der Waals surface area contributed by atoms with Crippen LogP contribution >= 0.6 is 11.8 Å². The molecule has 0 bridgehead atoms. The number of hydrogen-bond donors (Lipinski definition) is 0. The van der Waals surface area contributed by atoms with Crippen molar-refractivity contribution in [1.82, 2.24) is 0 Å². The summed E-state index contributed by atoms with van der Waals surface area (Å²) in [6.07, 6.45) is 2.70. The number of carbonyl (C=O) groups is 1. The van der Waals surface area contributed by atoms with Crippen molar-refractivity contribution < 1.29 is 13.9 Å². The summed E-state index contributed by atoms with van der Waals surface area (Å²) in [6, 6.07) is 13.8. The smallest absolute Gasteiger partial charge is 0.343 e. The lowest BCUT2D eigenvalue weighted by Crippen LogP contribution is -2.08. The summed E-state index contributed by atoms with van der Waals surface area (Å²) in [5, 5.41) is 0.848. The molecule has 0 N–H and O–H groups in total. The van der Waals surface area contributed by atoms with Gasteiger partial charge in [-0.15, -0.1) is 11.8 Å². The standard InChI is InChI=1S/C19H16O4S/c1-3-12-10-18(20)23-17-11-14(6-9-16(12)17)22-19(21)13-4-7-15(24-2)8-5-13/h4-11H,3H2,1-2H3. The molecule has 0 atom stereocenters. The second-order valence-electron chi connectivity index (χ2n) is 5.22. The van der Waals surface area contributed by atoms with E-state index in [9.17, 15) is 9.59 Å². The van der Waals surface area contributed by atoms with E-state index in [1.54, 1.807) is 42.1 Å². The highest BCUT2D eigenvalue weighted by Gasteiger charge is 2.11. The van der Waals surface area contributed by atoms with E-state index in [2.05, 4.69) is 0 Å². The third-order valence-corrected chi connectivity index (χ3v) is 4.46. The highest BCUT2D eigenvalue weighted by molar-refractivity contribution is 7.98. The maximum atomic E-state index is 12.2. The van der Waals surface area contributed by atoms with Gasteiger partial charge in [-0.25, -0.2) is 9.59 Å². The van der Waals surface area contributed by atoms with Crippen LogP contribution in [-0.4, -0.2) is 12.2 Å². The van der Waals surface area contributed by atoms with Crippen molar-refractivity contribution in [1.29, 1.82) is 0 Å². The van der Waals surface area contributed by atoms with Crippen LogP contribution in [-0.2, 0) is 6.42 Å². The molecule has 2 aromatic carbocycles. The Morgan fingerprint density at radius 2 is 1.88 bits per heavy atom. The normalized spacial score (nSPS) is 10.8. The number of esters is 1. The molecule has 0 spiro atoms. The second-order valence-corrected chi connectivity index (χ2v) is 6.10. The number of thioether (sulfide) groups is 1. The van der Waals surface area contributed by atoms with Crippen molar-refractivity contribution in [2.45, 2.75) is 18.2 Å². The molecular formula is C19H16O4S. The zero-order valence-corrected chi connectivity index (χ0v) is 14.2. The molecule has 4 nitrogen and oxygen atoms in total. The molecule has 0 unspecified atom stereocenters. The van der Waals surface area contributed by atoms with E-state index in [4.69, 9.17) is 9.15 Å². The van der Waals surface area contributed by atoms with Gasteiger partial charge in [0.25, 0.3) is 0 Å². The summed E-state index contributed by atoms with van der Waals surface area (Å²) < 4.78 is 10.6. The summed E-state index contributed by atoms with van der Waals surface area (Å²) in [4.78, 5) is 24.9. The third kappa shape index (κ3) is 3.36. The lowest BCUT2D eigenvalue weighted by atomic mass is 10.1. The van der Waals surface area contributed by atoms with Crippen molar-refractivity contribution >= 4 is 28.7 Å². The number of fused-ring (bicyclic) bond motifs is 1. The maximum absolute atomic E-state index is 12.2. The molecule has 0 saturated heterocycles. The van der Waals surface area contributed by atoms with Crippen LogP contribution in [0.5, 0.6) is 5.75 Å². The minimum atomic E-state index is -0.448. The number of rotatable bonds is 4. The van der Waals surface area contributed by atoms with Crippen LogP contribution in [0.15, 0.2) is 62.6 Å². The van der Waals surface area contributed by atoms with Crippen LogP contribution in [0.1, 0.15) is 22.8 Å². The van der Waals surface area contributed by atoms with E-state index >= 15 is 0 Å². The topological polar surface area (TPSA) is 56.5 Å². The fourth-order valence-electron chi connectivity index (χ4n) is 2.46. The Labute approximate surface area is 143 Å². The largest absolute Gasteiger partial charge is 0.423 e. The zero-order chi connectivity index (χ0) is 17.1. The molecule has 122 valence electrons. The first-order valence-corrected chi connectivity index (χ1v) is 8.76. The summed E-state index contributed by atoms with van der Waals surface area (Å²) in [5.74, 6) is -0.103. The number of hydrogen-bond acceptors (Lipinski definition) is 5. The quantitative estimate of drug-likeness (QED) is 0.307. The van der Waals surface area contributed by atoms with Crippen LogP contribution in [0.2, 0.25) is 0 Å². The second kappa shape index (κ2) is 6.93. The van der Waals surface area contributed by atoms with Gasteiger partial charge in [0.2, 0.25) is 0 Å². The van der Waals surface area contributed by atoms with E-state index in [0.717, 1.165) is 22.3 Å². The molecule has 3 rings (SSSR count). The molecular weight excluding hydrogens is 324 g/mol. The molecule has 1 heterocycles. The van der Waals surface area contributed by atoms with Crippen molar-refractivity contribution in [3.05, 3.63) is 70.1 Å². The number of aryl methyl sites for hydroxylation is 1. The molecule has 3 aromatic rings. The Kier molecular flexibility index (Phi) is 4.71.